The molecule has 0 spiro atoms. The van der Waals surface area contributed by atoms with Crippen LogP contribution in [0.5, 0.6) is 11.5 Å². The quantitative estimate of drug-likeness (QED) is 0.104. The zero-order chi connectivity index (χ0) is 68.8. The minimum Gasteiger partial charge on any atom is -0.497 e. The highest BCUT2D eigenvalue weighted by atomic mass is 32.2. The van der Waals surface area contributed by atoms with Gasteiger partial charge in [-0.2, -0.15) is 0 Å². The Morgan fingerprint density at radius 3 is 1.38 bits per heavy atom. The summed E-state index contributed by atoms with van der Waals surface area (Å²) < 4.78 is 71.0. The maximum atomic E-state index is 15.3. The van der Waals surface area contributed by atoms with Crippen LogP contribution in [0.25, 0.3) is 44.3 Å². The summed E-state index contributed by atoms with van der Waals surface area (Å²) >= 11 is 0. The highest BCUT2D eigenvalue weighted by molar-refractivity contribution is 7.91. The summed E-state index contributed by atoms with van der Waals surface area (Å²) in [5.41, 5.74) is 10.5. The fraction of sp³-hybridized carbons (Fsp3) is 0.571. The molecule has 526 valence electrons. The number of aromatic nitrogens is 2. The van der Waals surface area contributed by atoms with Gasteiger partial charge in [-0.25, -0.2) is 31.1 Å². The van der Waals surface area contributed by atoms with Crippen LogP contribution in [0.2, 0.25) is 0 Å². The zero-order valence-corrected chi connectivity index (χ0v) is 59.8. The van der Waals surface area contributed by atoms with E-state index in [1.807, 2.05) is 60.0 Å². The molecule has 8 atom stereocenters. The van der Waals surface area contributed by atoms with E-state index < -0.39 is 47.9 Å². The number of rotatable bonds is 14. The molecule has 20 nitrogen and oxygen atoms in total. The first kappa shape index (κ1) is 66.1. The molecule has 8 unspecified atom stereocenters. The first-order valence-corrected chi connectivity index (χ1v) is 40.1. The summed E-state index contributed by atoms with van der Waals surface area (Å²) in [5, 5.41) is 1.66. The van der Waals surface area contributed by atoms with Gasteiger partial charge >= 0.3 is 6.03 Å². The Labute approximate surface area is 581 Å². The first-order valence-electron chi connectivity index (χ1n) is 36.9. The van der Waals surface area contributed by atoms with Gasteiger partial charge in [0.1, 0.15) is 11.5 Å². The van der Waals surface area contributed by atoms with Crippen LogP contribution in [0, 0.1) is 10.8 Å². The number of urea groups is 1. The van der Waals surface area contributed by atoms with Crippen molar-refractivity contribution in [1.29, 1.82) is 0 Å². The molecule has 17 rings (SSSR count). The summed E-state index contributed by atoms with van der Waals surface area (Å²) in [4.78, 5) is 81.0. The average molecular weight is 1390 g/mol. The van der Waals surface area contributed by atoms with Crippen molar-refractivity contribution in [3.8, 4) is 34.0 Å². The topological polar surface area (TPSA) is 222 Å². The van der Waals surface area contributed by atoms with E-state index in [1.165, 1.54) is 49.3 Å². The van der Waals surface area contributed by atoms with Crippen molar-refractivity contribution in [3.63, 3.8) is 0 Å². The maximum absolute atomic E-state index is 15.3. The van der Waals surface area contributed by atoms with E-state index >= 15 is 4.79 Å². The number of hydrogen-bond donors (Lipinski definition) is 2. The van der Waals surface area contributed by atoms with Crippen LogP contribution in [-0.2, 0) is 42.7 Å². The van der Waals surface area contributed by atoms with Gasteiger partial charge in [-0.05, 0) is 200 Å². The summed E-state index contributed by atoms with van der Waals surface area (Å²) in [6, 6.07) is 24.4. The average Bonchev–Trinajstić information content (AvgIpc) is 1.52. The van der Waals surface area contributed by atoms with Gasteiger partial charge in [0, 0.05) is 132 Å². The van der Waals surface area contributed by atoms with E-state index in [-0.39, 0.29) is 59.6 Å². The lowest BCUT2D eigenvalue weighted by atomic mass is 9.81. The number of likely N-dealkylation sites (tertiary alicyclic amines) is 2. The number of benzene rings is 4. The zero-order valence-electron chi connectivity index (χ0n) is 58.2. The van der Waals surface area contributed by atoms with Gasteiger partial charge in [0.05, 0.1) is 47.4 Å². The molecule has 6 aliphatic heterocycles. The van der Waals surface area contributed by atoms with Gasteiger partial charge in [-0.1, -0.05) is 50.7 Å². The Bertz CT molecular complexity index is 4520. The Morgan fingerprint density at radius 2 is 0.970 bits per heavy atom. The predicted octanol–water partition coefficient (Wildman–Crippen LogP) is 11.4. The molecule has 4 saturated heterocycles. The Balaban J connectivity index is 0.000000156. The van der Waals surface area contributed by atoms with E-state index in [0.29, 0.717) is 81.5 Å². The normalized spacial score (nSPS) is 26.9. The SMILES string of the molecule is CCN(CC)C(=O)N1CC2CCC(C1)N2C(=O)C12CC1c1cc(OC)ccc1-c1c(C3CCCCC3)c3ccc(C(=O)NS(=O)(=O)C4CC4)cc3n1C2.CCS(=O)(=O)NC(=O)c1ccc2c(C3CCCCC3)c3n(c2c1)CC1(C(=O)N2C4CCC2CN(C)C4)CC1c1cc(OC)ccc1-3. The van der Waals surface area contributed by atoms with E-state index in [1.54, 1.807) is 26.4 Å². The largest absolute Gasteiger partial charge is 0.497 e. The Morgan fingerprint density at radius 1 is 0.535 bits per heavy atom. The van der Waals surface area contributed by atoms with Crippen LogP contribution in [0.1, 0.15) is 203 Å². The van der Waals surface area contributed by atoms with Crippen molar-refractivity contribution in [3.05, 3.63) is 106 Å². The first-order chi connectivity index (χ1) is 47.7. The molecule has 9 fully saturated rings. The third kappa shape index (κ3) is 11.1. The molecule has 8 heterocycles. The lowest BCUT2D eigenvalue weighted by molar-refractivity contribution is -0.144. The highest BCUT2D eigenvalue weighted by Gasteiger charge is 2.67. The van der Waals surface area contributed by atoms with Crippen molar-refractivity contribution >= 4 is 71.5 Å². The molecule has 5 aliphatic carbocycles. The fourth-order valence-corrected chi connectivity index (χ4v) is 21.7. The number of methoxy groups -OCH3 is 2. The molecular formula is C77H95N9O11S2. The molecule has 6 aromatic rings. The lowest BCUT2D eigenvalue weighted by Crippen LogP contribution is -2.60. The second-order valence-corrected chi connectivity index (χ2v) is 34.8. The molecular weight excluding hydrogens is 1290 g/mol. The van der Waals surface area contributed by atoms with E-state index in [9.17, 15) is 36.0 Å². The number of ether oxygens (including phenoxy) is 2. The Hall–Kier alpha value is -7.43. The number of hydrogen-bond acceptors (Lipinski definition) is 12. The molecule has 0 radical (unpaired) electrons. The lowest BCUT2D eigenvalue weighted by Gasteiger charge is -2.44. The summed E-state index contributed by atoms with van der Waals surface area (Å²) in [6.45, 7) is 10.8. The standard InChI is InChI=1S/C41H51N5O6S.C36H44N4O5S/c1-4-43(5-2)40(49)44-22-27-12-13-28(23-44)46(27)39(48)41-21-34(41)33-20-29(52-3)14-18-31(33)37-36(25-9-7-6-8-10-25)32-17-11-26(19-35(32)45(37)24-41)38(47)42-53(50,51)30-15-16-30;1-4-46(43,44)37-34(41)23-10-14-28-31(16-23)39-21-36(35(42)40-24-11-12-25(40)20-38(2)19-24)18-30(36)29-17-26(45-3)13-15-27(29)33(39)32(28)22-8-6-5-7-9-22/h11,14,17-20,25,27-28,30,34H,4-10,12-13,15-16,21-24H2,1-3H3,(H,42,47);10,13-17,22,24-25,30H,4-9,11-12,18-21H2,1-3H3,(H,37,41). The van der Waals surface area contributed by atoms with Gasteiger partial charge in [0.2, 0.25) is 31.9 Å². The highest BCUT2D eigenvalue weighted by Crippen LogP contribution is 2.69. The van der Waals surface area contributed by atoms with Crippen LogP contribution in [0.4, 0.5) is 4.79 Å². The number of likely N-dealkylation sites (N-methyl/N-ethyl adjacent to an activating group) is 1. The molecule has 4 bridgehead atoms. The molecule has 99 heavy (non-hydrogen) atoms. The van der Waals surface area contributed by atoms with Gasteiger partial charge in [-0.15, -0.1) is 0 Å². The molecule has 4 aromatic carbocycles. The predicted molar refractivity (Wildman–Crippen MR) is 380 cm³/mol. The summed E-state index contributed by atoms with van der Waals surface area (Å²) in [5.74, 6) is 1.37. The second kappa shape index (κ2) is 25.0. The van der Waals surface area contributed by atoms with E-state index in [2.05, 4.69) is 64.6 Å². The third-order valence-electron chi connectivity index (χ3n) is 25.2. The number of nitrogens with one attached hydrogen (secondary N) is 2. The minimum atomic E-state index is -3.72. The number of amides is 6. The van der Waals surface area contributed by atoms with Crippen molar-refractivity contribution < 1.29 is 50.3 Å². The number of carbonyl (C=O) groups is 5. The van der Waals surface area contributed by atoms with Crippen LogP contribution in [-0.4, -0.2) is 176 Å². The van der Waals surface area contributed by atoms with Crippen LogP contribution < -0.4 is 18.9 Å². The van der Waals surface area contributed by atoms with Crippen LogP contribution in [0.15, 0.2) is 72.8 Å². The van der Waals surface area contributed by atoms with Crippen molar-refractivity contribution in [2.24, 2.45) is 10.8 Å². The Kier molecular flexibility index (Phi) is 16.7. The second-order valence-electron chi connectivity index (χ2n) is 30.8. The van der Waals surface area contributed by atoms with E-state index in [4.69, 9.17) is 9.47 Å². The van der Waals surface area contributed by atoms with Crippen LogP contribution >= 0.6 is 0 Å². The van der Waals surface area contributed by atoms with Gasteiger partial charge in [0.25, 0.3) is 11.8 Å². The van der Waals surface area contributed by atoms with E-state index in [0.717, 1.165) is 145 Å². The number of sulfonamides is 2. The number of nitrogens with zero attached hydrogens (tertiary/aromatic N) is 7. The number of fused-ring (bicyclic) bond motifs is 18. The van der Waals surface area contributed by atoms with Gasteiger partial charge < -0.3 is 43.1 Å². The molecule has 6 amide bonds. The van der Waals surface area contributed by atoms with Crippen molar-refractivity contribution in [2.45, 2.75) is 203 Å². The molecule has 2 N–H and O–H groups in total. The molecule has 22 heteroatoms. The monoisotopic (exact) mass is 1390 g/mol. The number of piperazine rings is 2. The molecule has 5 saturated carbocycles. The summed E-state index contributed by atoms with van der Waals surface area (Å²) in [7, 11) is -1.91. The third-order valence-corrected chi connectivity index (χ3v) is 28.2. The van der Waals surface area contributed by atoms with Gasteiger partial charge in [0.15, 0.2) is 0 Å². The van der Waals surface area contributed by atoms with Crippen molar-refractivity contribution in [1.82, 2.24) is 43.1 Å². The van der Waals surface area contributed by atoms with Crippen LogP contribution in [0.3, 0.4) is 0 Å². The minimum absolute atomic E-state index is 0.000780. The van der Waals surface area contributed by atoms with Crippen molar-refractivity contribution in [2.75, 3.05) is 66.3 Å². The maximum Gasteiger partial charge on any atom is 0.320 e. The molecule has 11 aliphatic rings. The van der Waals surface area contributed by atoms with Gasteiger partial charge in [-0.3, -0.25) is 19.2 Å². The molecule has 2 aromatic heterocycles. The smallest absolute Gasteiger partial charge is 0.320 e. The fourth-order valence-electron chi connectivity index (χ4n) is 19.8. The number of carbonyl (C=O) groups excluding carboxylic acids is 5. The summed E-state index contributed by atoms with van der Waals surface area (Å²) in [6.07, 6.45) is 18.0.